The van der Waals surface area contributed by atoms with Crippen molar-refractivity contribution in [2.45, 2.75) is 4.90 Å². The maximum absolute atomic E-state index is 14.8. The van der Waals surface area contributed by atoms with Crippen molar-refractivity contribution in [1.82, 2.24) is 19.3 Å². The van der Waals surface area contributed by atoms with Crippen LogP contribution in [0.5, 0.6) is 0 Å². The second-order valence-corrected chi connectivity index (χ2v) is 7.77. The molecule has 136 valence electrons. The molecule has 4 aromatic rings. The highest BCUT2D eigenvalue weighted by Gasteiger charge is 2.18. The highest BCUT2D eigenvalue weighted by molar-refractivity contribution is 7.89. The SMILES string of the molecule is CNS(=O)(=O)c1ccccc1-c1ccc(-c2ccn3cnnc3c2)c(F)c1. The topological polar surface area (TPSA) is 76.4 Å². The number of halogens is 1. The highest BCUT2D eigenvalue weighted by Crippen LogP contribution is 2.31. The molecule has 0 fully saturated rings. The third-order valence-electron chi connectivity index (χ3n) is 4.34. The van der Waals surface area contributed by atoms with Crippen molar-refractivity contribution in [3.63, 3.8) is 0 Å². The Morgan fingerprint density at radius 2 is 1.78 bits per heavy atom. The van der Waals surface area contributed by atoms with Gasteiger partial charge in [-0.2, -0.15) is 0 Å². The minimum atomic E-state index is -3.66. The quantitative estimate of drug-likeness (QED) is 0.588. The maximum atomic E-state index is 14.8. The van der Waals surface area contributed by atoms with Crippen LogP contribution in [0.25, 0.3) is 27.9 Å². The smallest absolute Gasteiger partial charge is 0.240 e. The summed E-state index contributed by atoms with van der Waals surface area (Å²) < 4.78 is 43.4. The Labute approximate surface area is 155 Å². The number of nitrogens with one attached hydrogen (secondary N) is 1. The van der Waals surface area contributed by atoms with Crippen LogP contribution in [0.1, 0.15) is 0 Å². The lowest BCUT2D eigenvalue weighted by Gasteiger charge is -2.11. The number of nitrogens with zero attached hydrogens (tertiary/aromatic N) is 3. The monoisotopic (exact) mass is 382 g/mol. The average Bonchev–Trinajstić information content (AvgIpc) is 3.15. The van der Waals surface area contributed by atoms with Crippen molar-refractivity contribution in [2.24, 2.45) is 0 Å². The minimum absolute atomic E-state index is 0.101. The Kier molecular flexibility index (Phi) is 4.21. The van der Waals surface area contributed by atoms with Crippen molar-refractivity contribution < 1.29 is 12.8 Å². The van der Waals surface area contributed by atoms with Crippen LogP contribution in [0.3, 0.4) is 0 Å². The molecule has 4 rings (SSSR count). The van der Waals surface area contributed by atoms with Crippen LogP contribution in [0.2, 0.25) is 0 Å². The van der Waals surface area contributed by atoms with Crippen molar-refractivity contribution in [2.75, 3.05) is 7.05 Å². The van der Waals surface area contributed by atoms with Crippen LogP contribution >= 0.6 is 0 Å². The van der Waals surface area contributed by atoms with Crippen molar-refractivity contribution in [3.8, 4) is 22.3 Å². The zero-order valence-corrected chi connectivity index (χ0v) is 15.1. The third-order valence-corrected chi connectivity index (χ3v) is 5.81. The van der Waals surface area contributed by atoms with Gasteiger partial charge in [0.15, 0.2) is 5.65 Å². The predicted molar refractivity (Wildman–Crippen MR) is 100 cm³/mol. The second kappa shape index (κ2) is 6.57. The van der Waals surface area contributed by atoms with E-state index in [0.29, 0.717) is 27.9 Å². The molecule has 0 aliphatic carbocycles. The number of hydrogen-bond acceptors (Lipinski definition) is 4. The molecule has 0 spiro atoms. The lowest BCUT2D eigenvalue weighted by molar-refractivity contribution is 0.588. The van der Waals surface area contributed by atoms with Gasteiger partial charge in [-0.1, -0.05) is 30.3 Å². The van der Waals surface area contributed by atoms with Crippen LogP contribution in [0.15, 0.2) is 72.0 Å². The number of fused-ring (bicyclic) bond motifs is 1. The zero-order valence-electron chi connectivity index (χ0n) is 14.3. The molecule has 0 bridgehead atoms. The minimum Gasteiger partial charge on any atom is -0.289 e. The van der Waals surface area contributed by atoms with Crippen LogP contribution in [-0.4, -0.2) is 30.1 Å². The van der Waals surface area contributed by atoms with E-state index in [4.69, 9.17) is 0 Å². The van der Waals surface area contributed by atoms with E-state index < -0.39 is 15.8 Å². The zero-order chi connectivity index (χ0) is 19.0. The molecule has 0 aliphatic rings. The van der Waals surface area contributed by atoms with Gasteiger partial charge in [-0.3, -0.25) is 4.40 Å². The van der Waals surface area contributed by atoms with E-state index in [9.17, 15) is 12.8 Å². The maximum Gasteiger partial charge on any atom is 0.240 e. The van der Waals surface area contributed by atoms with Crippen molar-refractivity contribution >= 4 is 15.7 Å². The summed E-state index contributed by atoms with van der Waals surface area (Å²) in [7, 11) is -2.32. The van der Waals surface area contributed by atoms with Crippen molar-refractivity contribution in [3.05, 3.63) is 72.9 Å². The van der Waals surface area contributed by atoms with Crippen LogP contribution in [-0.2, 0) is 10.0 Å². The lowest BCUT2D eigenvalue weighted by atomic mass is 10.00. The van der Waals surface area contributed by atoms with E-state index in [1.54, 1.807) is 59.4 Å². The van der Waals surface area contributed by atoms with Gasteiger partial charge in [-0.25, -0.2) is 17.5 Å². The summed E-state index contributed by atoms with van der Waals surface area (Å²) in [5.41, 5.74) is 2.59. The van der Waals surface area contributed by atoms with Crippen LogP contribution in [0, 0.1) is 5.82 Å². The summed E-state index contributed by atoms with van der Waals surface area (Å²) in [5, 5.41) is 7.77. The molecule has 2 heterocycles. The highest BCUT2D eigenvalue weighted by atomic mass is 32.2. The number of benzene rings is 2. The number of pyridine rings is 1. The summed E-state index contributed by atoms with van der Waals surface area (Å²) in [6, 6.07) is 14.7. The van der Waals surface area contributed by atoms with Gasteiger partial charge in [0.05, 0.1) is 4.90 Å². The largest absolute Gasteiger partial charge is 0.289 e. The molecule has 6 nitrogen and oxygen atoms in total. The molecular weight excluding hydrogens is 367 g/mol. The Bertz CT molecular complexity index is 1250. The summed E-state index contributed by atoms with van der Waals surface area (Å²) in [5.74, 6) is -0.451. The van der Waals surface area contributed by atoms with Crippen molar-refractivity contribution in [1.29, 1.82) is 0 Å². The van der Waals surface area contributed by atoms with E-state index in [-0.39, 0.29) is 4.90 Å². The van der Waals surface area contributed by atoms with E-state index in [2.05, 4.69) is 14.9 Å². The van der Waals surface area contributed by atoms with Gasteiger partial charge in [-0.15, -0.1) is 10.2 Å². The van der Waals surface area contributed by atoms with Gasteiger partial charge in [0.2, 0.25) is 10.0 Å². The number of hydrogen-bond donors (Lipinski definition) is 1. The first-order valence-corrected chi connectivity index (χ1v) is 9.60. The first-order valence-electron chi connectivity index (χ1n) is 8.12. The Hall–Kier alpha value is -3.10. The van der Waals surface area contributed by atoms with E-state index >= 15 is 0 Å². The normalized spacial score (nSPS) is 11.8. The molecule has 27 heavy (non-hydrogen) atoms. The van der Waals surface area contributed by atoms with Gasteiger partial charge in [-0.05, 0) is 42.4 Å². The molecule has 0 atom stereocenters. The van der Waals surface area contributed by atoms with E-state index in [1.165, 1.54) is 19.2 Å². The fraction of sp³-hybridized carbons (Fsp3) is 0.0526. The van der Waals surface area contributed by atoms with Gasteiger partial charge in [0, 0.05) is 17.3 Å². The first kappa shape index (κ1) is 17.3. The molecule has 0 saturated carbocycles. The van der Waals surface area contributed by atoms with E-state index in [1.807, 2.05) is 0 Å². The van der Waals surface area contributed by atoms with Gasteiger partial charge in [0.25, 0.3) is 0 Å². The standard InChI is InChI=1S/C19H15FN4O2S/c1-21-27(25,26)18-5-3-2-4-16(18)13-6-7-15(17(20)10-13)14-8-9-24-12-22-23-19(24)11-14/h2-12,21H,1H3. The molecule has 0 amide bonds. The van der Waals surface area contributed by atoms with Gasteiger partial charge in [0.1, 0.15) is 12.1 Å². The third kappa shape index (κ3) is 3.09. The second-order valence-electron chi connectivity index (χ2n) is 5.91. The Morgan fingerprint density at radius 3 is 2.56 bits per heavy atom. The summed E-state index contributed by atoms with van der Waals surface area (Å²) in [6.07, 6.45) is 3.32. The van der Waals surface area contributed by atoms with Crippen LogP contribution in [0.4, 0.5) is 4.39 Å². The lowest BCUT2D eigenvalue weighted by Crippen LogP contribution is -2.19. The number of rotatable bonds is 4. The van der Waals surface area contributed by atoms with Gasteiger partial charge >= 0.3 is 0 Å². The summed E-state index contributed by atoms with van der Waals surface area (Å²) in [4.78, 5) is 0.101. The molecule has 0 saturated heterocycles. The summed E-state index contributed by atoms with van der Waals surface area (Å²) in [6.45, 7) is 0. The molecule has 8 heteroatoms. The molecule has 0 radical (unpaired) electrons. The molecule has 2 aromatic carbocycles. The number of aromatic nitrogens is 3. The molecule has 2 aromatic heterocycles. The molecular formula is C19H15FN4O2S. The number of sulfonamides is 1. The molecule has 0 unspecified atom stereocenters. The van der Waals surface area contributed by atoms with Gasteiger partial charge < -0.3 is 0 Å². The Balaban J connectivity index is 1.81. The first-order chi connectivity index (χ1) is 13.0. The molecule has 0 aliphatic heterocycles. The fourth-order valence-corrected chi connectivity index (χ4v) is 3.90. The molecule has 1 N–H and O–H groups in total. The Morgan fingerprint density at radius 1 is 1.00 bits per heavy atom. The van der Waals surface area contributed by atoms with Crippen LogP contribution < -0.4 is 4.72 Å². The predicted octanol–water partition coefficient (Wildman–Crippen LogP) is 3.11. The average molecular weight is 382 g/mol. The summed E-state index contributed by atoms with van der Waals surface area (Å²) >= 11 is 0. The van der Waals surface area contributed by atoms with E-state index in [0.717, 1.165) is 0 Å². The fourth-order valence-electron chi connectivity index (χ4n) is 2.95.